The number of rotatable bonds is 7. The molecule has 0 aliphatic rings. The molecule has 0 spiro atoms. The van der Waals surface area contributed by atoms with Crippen molar-refractivity contribution in [1.82, 2.24) is 0 Å². The lowest BCUT2D eigenvalue weighted by molar-refractivity contribution is 0.457. The third kappa shape index (κ3) is 10.4. The van der Waals surface area contributed by atoms with Crippen LogP contribution >= 0.6 is 61.8 Å². The number of hydrogen-bond donors (Lipinski definition) is 1. The maximum absolute atomic E-state index is 8.94. The monoisotopic (exact) mass is 1030 g/mol. The lowest BCUT2D eigenvalue weighted by atomic mass is 9.97. The summed E-state index contributed by atoms with van der Waals surface area (Å²) in [7, 11) is 0.733. The van der Waals surface area contributed by atoms with Crippen LogP contribution in [0.4, 0.5) is 0 Å². The van der Waals surface area contributed by atoms with E-state index >= 15 is 0 Å². The Kier molecular flexibility index (Phi) is 15.1. The van der Waals surface area contributed by atoms with Gasteiger partial charge in [-0.1, -0.05) is 235 Å². The van der Waals surface area contributed by atoms with Gasteiger partial charge >= 0.3 is 7.69 Å². The third-order valence-corrected chi connectivity index (χ3v) is 15.1. The highest BCUT2D eigenvalue weighted by Crippen LogP contribution is 2.46. The highest BCUT2D eigenvalue weighted by molar-refractivity contribution is 9.10. The average Bonchev–Trinajstić information content (AvgIpc) is 3.97. The summed E-state index contributed by atoms with van der Waals surface area (Å²) in [5.74, 6) is 0.681. The van der Waals surface area contributed by atoms with E-state index in [4.69, 9.17) is 32.9 Å². The summed E-state index contributed by atoms with van der Waals surface area (Å²) in [5.41, 5.74) is 11.9. The van der Waals surface area contributed by atoms with Gasteiger partial charge in [0.05, 0.1) is 4.70 Å². The van der Waals surface area contributed by atoms with Crippen LogP contribution in [0.1, 0.15) is 7.43 Å². The van der Waals surface area contributed by atoms with Gasteiger partial charge in [0.15, 0.2) is 0 Å². The molecule has 0 amide bonds. The van der Waals surface area contributed by atoms with Gasteiger partial charge in [-0.25, -0.2) is 0 Å². The first kappa shape index (κ1) is 47.6. The molecule has 0 fully saturated rings. The Morgan fingerprint density at radius 1 is 0.362 bits per heavy atom. The highest BCUT2D eigenvalue weighted by atomic mass is 79.9. The third-order valence-electron chi connectivity index (χ3n) is 11.6. The standard InChI is InChI=1S/C30H19ClS.C18H12BO2S.C12H8BrCl.CH4/c31-24-18-22(20-9-3-1-4-10-20)17-23(19-24)26-14-8-16-28-27-15-7-13-25(29(27)32-30(26)28)21-11-5-2-6-12-21;20-19-21-16-11-5-10-15-14-9-4-8-13(17(14)22-18(15)16)12-6-2-1-3-7-12;13-11-6-10(7-12(14)8-11)9-4-2-1-3-5-9;/h1-19H;1-11,20H;1-8H;1H4. The second-order valence-corrected chi connectivity index (χ2v) is 19.8. The molecule has 0 unspecified atom stereocenters. The summed E-state index contributed by atoms with van der Waals surface area (Å²) in [6.07, 6.45) is 0. The fourth-order valence-corrected chi connectivity index (χ4v) is 12.3. The fraction of sp³-hybridized carbons (Fsp3) is 0.0164. The van der Waals surface area contributed by atoms with E-state index in [9.17, 15) is 0 Å². The molecule has 12 rings (SSSR count). The molecule has 12 aromatic rings. The van der Waals surface area contributed by atoms with Crippen LogP contribution in [-0.4, -0.2) is 12.7 Å². The lowest BCUT2D eigenvalue weighted by Gasteiger charge is -2.09. The van der Waals surface area contributed by atoms with Gasteiger partial charge in [0, 0.05) is 50.2 Å². The van der Waals surface area contributed by atoms with Crippen molar-refractivity contribution in [2.24, 2.45) is 0 Å². The Hall–Kier alpha value is -6.48. The second kappa shape index (κ2) is 21.9. The van der Waals surface area contributed by atoms with Gasteiger partial charge in [-0.05, 0) is 98.1 Å². The van der Waals surface area contributed by atoms with Gasteiger partial charge < -0.3 is 9.68 Å². The van der Waals surface area contributed by atoms with E-state index in [1.807, 2.05) is 72.0 Å². The molecule has 8 heteroatoms. The second-order valence-electron chi connectivity index (χ2n) is 16.0. The Balaban J connectivity index is 0.000000139. The zero-order valence-corrected chi connectivity index (χ0v) is 41.1. The topological polar surface area (TPSA) is 29.5 Å². The predicted molar refractivity (Wildman–Crippen MR) is 305 cm³/mol. The van der Waals surface area contributed by atoms with Crippen molar-refractivity contribution >= 4 is 110 Å². The quantitative estimate of drug-likeness (QED) is 0.161. The maximum atomic E-state index is 8.94. The van der Waals surface area contributed by atoms with Crippen LogP contribution in [0.25, 0.3) is 96.0 Å². The number of thiophene rings is 2. The van der Waals surface area contributed by atoms with Crippen LogP contribution in [0.15, 0.2) is 235 Å². The van der Waals surface area contributed by atoms with Crippen LogP contribution in [0.2, 0.25) is 10.0 Å². The van der Waals surface area contributed by atoms with Crippen molar-refractivity contribution in [3.05, 3.63) is 245 Å². The normalized spacial score (nSPS) is 10.8. The molecule has 1 N–H and O–H groups in total. The van der Waals surface area contributed by atoms with E-state index in [1.165, 1.54) is 69.2 Å². The largest absolute Gasteiger partial charge is 0.569 e. The molecule has 0 atom stereocenters. The number of hydrogen-bond acceptors (Lipinski definition) is 4. The Morgan fingerprint density at radius 2 is 0.725 bits per heavy atom. The molecule has 0 saturated carbocycles. The van der Waals surface area contributed by atoms with Gasteiger partial charge in [0.2, 0.25) is 0 Å². The van der Waals surface area contributed by atoms with Crippen molar-refractivity contribution in [1.29, 1.82) is 0 Å². The summed E-state index contributed by atoms with van der Waals surface area (Å²) >= 11 is 19.5. The minimum atomic E-state index is 0. The molecule has 2 aromatic heterocycles. The minimum Gasteiger partial charge on any atom is -0.536 e. The van der Waals surface area contributed by atoms with Crippen LogP contribution in [0, 0.1) is 0 Å². The summed E-state index contributed by atoms with van der Waals surface area (Å²) < 4.78 is 11.1. The van der Waals surface area contributed by atoms with Gasteiger partial charge in [-0.15, -0.1) is 22.7 Å². The molecule has 0 bridgehead atoms. The lowest BCUT2D eigenvalue weighted by Crippen LogP contribution is -1.99. The molecular weight excluding hydrogens is 990 g/mol. The fourth-order valence-electron chi connectivity index (χ4n) is 8.58. The van der Waals surface area contributed by atoms with E-state index in [0.29, 0.717) is 5.75 Å². The van der Waals surface area contributed by atoms with Crippen molar-refractivity contribution in [2.45, 2.75) is 7.43 Å². The van der Waals surface area contributed by atoms with Crippen molar-refractivity contribution in [3.63, 3.8) is 0 Å². The molecule has 0 aliphatic carbocycles. The molecule has 335 valence electrons. The van der Waals surface area contributed by atoms with Gasteiger partial charge in [-0.2, -0.15) is 0 Å². The molecule has 0 aliphatic heterocycles. The molecule has 2 nitrogen and oxygen atoms in total. The minimum absolute atomic E-state index is 0. The van der Waals surface area contributed by atoms with Crippen molar-refractivity contribution in [3.8, 4) is 61.4 Å². The summed E-state index contributed by atoms with van der Waals surface area (Å²) in [4.78, 5) is 0. The zero-order chi connectivity index (χ0) is 46.4. The average molecular weight is 1030 g/mol. The van der Waals surface area contributed by atoms with E-state index in [-0.39, 0.29) is 7.43 Å². The molecule has 2 heterocycles. The molecule has 10 aromatic carbocycles. The van der Waals surface area contributed by atoms with E-state index in [1.54, 1.807) is 11.3 Å². The van der Waals surface area contributed by atoms with Crippen LogP contribution in [0.3, 0.4) is 0 Å². The highest BCUT2D eigenvalue weighted by Gasteiger charge is 2.16. The van der Waals surface area contributed by atoms with Crippen LogP contribution < -0.4 is 4.65 Å². The van der Waals surface area contributed by atoms with E-state index in [2.05, 4.69) is 186 Å². The summed E-state index contributed by atoms with van der Waals surface area (Å²) in [5, 5.41) is 15.4. The first-order valence-corrected chi connectivity index (χ1v) is 25.1. The molecule has 1 radical (unpaired) electrons. The number of fused-ring (bicyclic) bond motifs is 6. The predicted octanol–water partition coefficient (Wildman–Crippen LogP) is 19.7. The summed E-state index contributed by atoms with van der Waals surface area (Å²) in [6, 6.07) is 79.3. The Bertz CT molecular complexity index is 3660. The molecular formula is C61H43BBrCl2O2S2. The van der Waals surface area contributed by atoms with Crippen molar-refractivity contribution < 1.29 is 9.68 Å². The number of benzene rings is 10. The van der Waals surface area contributed by atoms with Gasteiger partial charge in [0.25, 0.3) is 0 Å². The SMILES string of the molecule is C.Clc1cc(-c2ccccc2)cc(-c2cccc3c2sc2c(-c4ccccc4)cccc23)c1.Clc1cc(Br)cc(-c2ccccc2)c1.O[B]Oc1cccc2c1sc1c(-c3ccccc3)cccc12. The summed E-state index contributed by atoms with van der Waals surface area (Å²) in [6.45, 7) is 0. The number of halogens is 3. The van der Waals surface area contributed by atoms with Crippen LogP contribution in [-0.2, 0) is 0 Å². The first-order valence-electron chi connectivity index (χ1n) is 21.9. The smallest absolute Gasteiger partial charge is 0.536 e. The Labute approximate surface area is 430 Å². The molecule has 0 saturated heterocycles. The van der Waals surface area contributed by atoms with Crippen LogP contribution in [0.5, 0.6) is 5.75 Å². The van der Waals surface area contributed by atoms with E-state index < -0.39 is 0 Å². The van der Waals surface area contributed by atoms with Crippen molar-refractivity contribution in [2.75, 3.05) is 0 Å². The van der Waals surface area contributed by atoms with E-state index in [0.717, 1.165) is 49.0 Å². The molecule has 69 heavy (non-hydrogen) atoms. The zero-order valence-electron chi connectivity index (χ0n) is 36.3. The van der Waals surface area contributed by atoms with Gasteiger partial charge in [0.1, 0.15) is 5.75 Å². The Morgan fingerprint density at radius 3 is 1.17 bits per heavy atom. The first-order chi connectivity index (χ1) is 33.4. The van der Waals surface area contributed by atoms with Gasteiger partial charge in [-0.3, -0.25) is 0 Å². The maximum Gasteiger partial charge on any atom is 0.569 e.